The van der Waals surface area contributed by atoms with Gasteiger partial charge in [0, 0.05) is 12.8 Å². The Morgan fingerprint density at radius 3 is 1.58 bits per heavy atom. The van der Waals surface area contributed by atoms with Crippen molar-refractivity contribution in [1.82, 2.24) is 0 Å². The van der Waals surface area contributed by atoms with Gasteiger partial charge in [-0.3, -0.25) is 18.6 Å². The zero-order chi connectivity index (χ0) is 40.5. The summed E-state index contributed by atoms with van der Waals surface area (Å²) in [6.07, 6.45) is 45.6. The Hall–Kier alpha value is -2.85. The van der Waals surface area contributed by atoms with Crippen molar-refractivity contribution >= 4 is 19.8 Å². The predicted octanol–water partition coefficient (Wildman–Crippen LogP) is 10.7. The van der Waals surface area contributed by atoms with Gasteiger partial charge in [-0.15, -0.1) is 0 Å². The number of unbranched alkanes of at least 4 members (excludes halogenated alkanes) is 9. The molecule has 0 aliphatic heterocycles. The lowest BCUT2D eigenvalue weighted by molar-refractivity contribution is -0.161. The van der Waals surface area contributed by atoms with Gasteiger partial charge >= 0.3 is 19.8 Å². The van der Waals surface area contributed by atoms with E-state index >= 15 is 0 Å². The molecule has 0 aliphatic carbocycles. The molecule has 3 atom stereocenters. The second kappa shape index (κ2) is 39.4. The molecule has 0 heterocycles. The summed E-state index contributed by atoms with van der Waals surface area (Å²) >= 11 is 0. The Bertz CT molecular complexity index is 1190. The molecule has 10 nitrogen and oxygen atoms in total. The minimum absolute atomic E-state index is 0.0529. The number of hydrogen-bond donors (Lipinski definition) is 3. The number of phosphoric acid groups is 1. The zero-order valence-electron chi connectivity index (χ0n) is 33.9. The molecule has 0 saturated heterocycles. The highest BCUT2D eigenvalue weighted by atomic mass is 31.2. The van der Waals surface area contributed by atoms with E-state index in [1.807, 2.05) is 12.2 Å². The molecule has 11 heteroatoms. The molecule has 1 unspecified atom stereocenters. The van der Waals surface area contributed by atoms with Crippen LogP contribution in [0.25, 0.3) is 0 Å². The lowest BCUT2D eigenvalue weighted by Crippen LogP contribution is -2.29. The zero-order valence-corrected chi connectivity index (χ0v) is 34.7. The lowest BCUT2D eigenvalue weighted by atomic mass is 10.1. The molecule has 314 valence electrons. The van der Waals surface area contributed by atoms with Gasteiger partial charge in [-0.05, 0) is 77.0 Å². The average Bonchev–Trinajstić information content (AvgIpc) is 3.17. The third-order valence-corrected chi connectivity index (χ3v) is 9.00. The largest absolute Gasteiger partial charge is 0.472 e. The van der Waals surface area contributed by atoms with Crippen molar-refractivity contribution in [3.8, 4) is 0 Å². The van der Waals surface area contributed by atoms with E-state index in [9.17, 15) is 24.2 Å². The number of aliphatic hydroxyl groups excluding tert-OH is 2. The Kier molecular flexibility index (Phi) is 37.3. The van der Waals surface area contributed by atoms with Gasteiger partial charge in [-0.2, -0.15) is 0 Å². The summed E-state index contributed by atoms with van der Waals surface area (Å²) in [4.78, 5) is 34.9. The maximum absolute atomic E-state index is 12.6. The number of carbonyl (C=O) groups excluding carboxylic acids is 2. The first-order valence-corrected chi connectivity index (χ1v) is 22.0. The van der Waals surface area contributed by atoms with Gasteiger partial charge in [-0.1, -0.05) is 137 Å². The molecule has 0 aromatic carbocycles. The van der Waals surface area contributed by atoms with Crippen molar-refractivity contribution in [2.24, 2.45) is 0 Å². The van der Waals surface area contributed by atoms with Gasteiger partial charge in [-0.25, -0.2) is 4.57 Å². The maximum atomic E-state index is 12.6. The van der Waals surface area contributed by atoms with E-state index in [1.54, 1.807) is 0 Å². The molecule has 0 radical (unpaired) electrons. The van der Waals surface area contributed by atoms with E-state index in [0.29, 0.717) is 12.8 Å². The topological polar surface area (TPSA) is 149 Å². The number of aliphatic hydroxyl groups is 2. The molecule has 0 aliphatic rings. The molecule has 0 amide bonds. The quantitative estimate of drug-likeness (QED) is 0.0240. The molecule has 0 bridgehead atoms. The fourth-order valence-electron chi connectivity index (χ4n) is 4.89. The minimum Gasteiger partial charge on any atom is -0.462 e. The van der Waals surface area contributed by atoms with Crippen LogP contribution in [0.1, 0.15) is 142 Å². The SMILES string of the molecule is CC/C=C\C/C=C\C/C=C\C/C=C\C/C=C\C/C=C\CCC(=O)O[C@H](COC(=O)CCCCCCC/C=C\CCCCCC)COP(=O)(O)OC[C@@H](O)CO. The Morgan fingerprint density at radius 2 is 1.04 bits per heavy atom. The maximum Gasteiger partial charge on any atom is 0.472 e. The van der Waals surface area contributed by atoms with Crippen molar-refractivity contribution in [2.45, 2.75) is 154 Å². The van der Waals surface area contributed by atoms with Gasteiger partial charge in [0.25, 0.3) is 0 Å². The summed E-state index contributed by atoms with van der Waals surface area (Å²) in [5, 5.41) is 18.3. The Morgan fingerprint density at radius 1 is 0.564 bits per heavy atom. The molecule has 0 aromatic heterocycles. The number of rotatable bonds is 37. The first-order chi connectivity index (χ1) is 26.7. The molecule has 3 N–H and O–H groups in total. The van der Waals surface area contributed by atoms with Crippen molar-refractivity contribution in [3.05, 3.63) is 85.1 Å². The first kappa shape index (κ1) is 52.2. The molecule has 0 aromatic rings. The highest BCUT2D eigenvalue weighted by molar-refractivity contribution is 7.47. The van der Waals surface area contributed by atoms with E-state index in [4.69, 9.17) is 19.1 Å². The highest BCUT2D eigenvalue weighted by Gasteiger charge is 2.27. The second-order valence-corrected chi connectivity index (χ2v) is 14.7. The molecule has 0 saturated carbocycles. The van der Waals surface area contributed by atoms with E-state index in [1.165, 1.54) is 25.7 Å². The first-order valence-electron chi connectivity index (χ1n) is 20.5. The van der Waals surface area contributed by atoms with Crippen molar-refractivity contribution < 1.29 is 47.8 Å². The van der Waals surface area contributed by atoms with Crippen LogP contribution in [0.4, 0.5) is 0 Å². The monoisotopic (exact) mass is 792 g/mol. The van der Waals surface area contributed by atoms with Crippen molar-refractivity contribution in [2.75, 3.05) is 26.4 Å². The number of allylic oxidation sites excluding steroid dienone is 14. The summed E-state index contributed by atoms with van der Waals surface area (Å²) in [7, 11) is -4.64. The van der Waals surface area contributed by atoms with Gasteiger partial charge in [0.15, 0.2) is 6.10 Å². The van der Waals surface area contributed by atoms with E-state index in [0.717, 1.165) is 77.0 Å². The number of esters is 2. The smallest absolute Gasteiger partial charge is 0.462 e. The summed E-state index contributed by atoms with van der Waals surface area (Å²) < 4.78 is 32.5. The van der Waals surface area contributed by atoms with E-state index in [2.05, 4.69) is 91.3 Å². The standard InChI is InChI=1S/C44H73O10P/c1-3-5-7-9-11-13-15-17-18-19-20-21-22-24-26-28-30-32-34-36-44(48)54-42(40-53-55(49,50)52-38-41(46)37-45)39-51-43(47)35-33-31-29-27-25-23-16-14-12-10-8-6-4-2/h5,7,11,13-14,16-18,20-21,24,26,30,32,41-42,45-46H,3-4,6,8-10,12,15,19,22-23,25,27-29,31,33-40H2,1-2H3,(H,49,50)/b7-5-,13-11-,16-14-,18-17-,21-20-,26-24-,32-30-/t41-,42+/m0/s1. The van der Waals surface area contributed by atoms with Crippen LogP contribution in [-0.2, 0) is 32.7 Å². The Balaban J connectivity index is 4.50. The summed E-state index contributed by atoms with van der Waals surface area (Å²) in [5.74, 6) is -1.04. The van der Waals surface area contributed by atoms with Crippen LogP contribution in [0.3, 0.4) is 0 Å². The van der Waals surface area contributed by atoms with Crippen LogP contribution in [0.2, 0.25) is 0 Å². The van der Waals surface area contributed by atoms with Crippen LogP contribution >= 0.6 is 7.82 Å². The van der Waals surface area contributed by atoms with Crippen LogP contribution in [0.15, 0.2) is 85.1 Å². The number of carbonyl (C=O) groups is 2. The fraction of sp³-hybridized carbons (Fsp3) is 0.636. The number of hydrogen-bond acceptors (Lipinski definition) is 9. The van der Waals surface area contributed by atoms with Crippen LogP contribution in [0, 0.1) is 0 Å². The molecule has 0 fully saturated rings. The van der Waals surface area contributed by atoms with Gasteiger partial charge in [0.05, 0.1) is 19.8 Å². The minimum atomic E-state index is -4.64. The summed E-state index contributed by atoms with van der Waals surface area (Å²) in [6, 6.07) is 0. The third kappa shape index (κ3) is 39.2. The number of ether oxygens (including phenoxy) is 2. The normalized spacial score (nSPS) is 14.8. The van der Waals surface area contributed by atoms with Gasteiger partial charge < -0.3 is 24.6 Å². The van der Waals surface area contributed by atoms with Crippen molar-refractivity contribution in [3.63, 3.8) is 0 Å². The molecular weight excluding hydrogens is 719 g/mol. The second-order valence-electron chi connectivity index (χ2n) is 13.3. The van der Waals surface area contributed by atoms with Crippen LogP contribution in [-0.4, -0.2) is 65.7 Å². The summed E-state index contributed by atoms with van der Waals surface area (Å²) in [5.41, 5.74) is 0. The molecule has 55 heavy (non-hydrogen) atoms. The van der Waals surface area contributed by atoms with E-state index in [-0.39, 0.29) is 19.4 Å². The molecule has 0 spiro atoms. The van der Waals surface area contributed by atoms with Crippen LogP contribution in [0.5, 0.6) is 0 Å². The van der Waals surface area contributed by atoms with Crippen molar-refractivity contribution in [1.29, 1.82) is 0 Å². The van der Waals surface area contributed by atoms with Crippen LogP contribution < -0.4 is 0 Å². The predicted molar refractivity (Wildman–Crippen MR) is 223 cm³/mol. The molecular formula is C44H73O10P. The fourth-order valence-corrected chi connectivity index (χ4v) is 5.68. The molecule has 0 rings (SSSR count). The summed E-state index contributed by atoms with van der Waals surface area (Å²) in [6.45, 7) is 2.13. The van der Waals surface area contributed by atoms with Gasteiger partial charge in [0.2, 0.25) is 0 Å². The van der Waals surface area contributed by atoms with E-state index < -0.39 is 51.8 Å². The van der Waals surface area contributed by atoms with Gasteiger partial charge in [0.1, 0.15) is 12.7 Å². The highest BCUT2D eigenvalue weighted by Crippen LogP contribution is 2.43. The lowest BCUT2D eigenvalue weighted by Gasteiger charge is -2.20. The number of phosphoric ester groups is 1. The third-order valence-electron chi connectivity index (χ3n) is 8.05. The Labute approximate surface area is 332 Å². The average molecular weight is 793 g/mol.